The zero-order chi connectivity index (χ0) is 14.6. The van der Waals surface area contributed by atoms with Gasteiger partial charge in [-0.2, -0.15) is 0 Å². The van der Waals surface area contributed by atoms with Gasteiger partial charge in [0.25, 0.3) is 0 Å². The number of rotatable bonds is 1. The maximum atomic E-state index is 3.57. The van der Waals surface area contributed by atoms with Gasteiger partial charge in [-0.15, -0.1) is 0 Å². The number of benzene rings is 2. The first-order valence-electron chi connectivity index (χ1n) is 6.67. The van der Waals surface area contributed by atoms with Crippen molar-refractivity contribution in [3.05, 3.63) is 66.2 Å². The fourth-order valence-electron chi connectivity index (χ4n) is 1.92. The molecule has 0 saturated carbocycles. The van der Waals surface area contributed by atoms with Crippen LogP contribution >= 0.6 is 5.51 Å². The molecule has 2 heteroatoms. The molecule has 2 rings (SSSR count). The Morgan fingerprint density at radius 3 is 1.85 bits per heavy atom. The van der Waals surface area contributed by atoms with E-state index in [2.05, 4.69) is 89.9 Å². The Balaban J connectivity index is 2.51. The van der Waals surface area contributed by atoms with E-state index in [1.165, 1.54) is 5.30 Å². The molecule has 0 amide bonds. The third-order valence-corrected chi connectivity index (χ3v) is 11.9. The van der Waals surface area contributed by atoms with Crippen LogP contribution in [-0.2, 0) is 0 Å². The van der Waals surface area contributed by atoms with Crippen LogP contribution in [0.4, 0.5) is 0 Å². The van der Waals surface area contributed by atoms with Gasteiger partial charge in [0.15, 0.2) is 0 Å². The standard InChI is InChI=1S/C18H19PSe/c1-18(2,3)19(20,17-12-8-5-9-13-17)15-14-16-10-6-4-7-11-16/h4-13H,1-3H3. The van der Waals surface area contributed by atoms with Gasteiger partial charge in [0.2, 0.25) is 0 Å². The van der Waals surface area contributed by atoms with Gasteiger partial charge in [-0.3, -0.25) is 0 Å². The minimum absolute atomic E-state index is 0.121. The summed E-state index contributed by atoms with van der Waals surface area (Å²) in [6.45, 7) is 6.80. The van der Waals surface area contributed by atoms with E-state index in [-0.39, 0.29) is 5.16 Å². The van der Waals surface area contributed by atoms with Crippen LogP contribution in [0.5, 0.6) is 0 Å². The molecule has 0 nitrogen and oxygen atoms in total. The Kier molecular flexibility index (Phi) is 4.72. The first-order valence-corrected chi connectivity index (χ1v) is 10.7. The fourth-order valence-corrected chi connectivity index (χ4v) is 5.09. The van der Waals surface area contributed by atoms with Crippen molar-refractivity contribution in [3.63, 3.8) is 0 Å². The first-order chi connectivity index (χ1) is 9.43. The van der Waals surface area contributed by atoms with Crippen LogP contribution in [0.2, 0.25) is 0 Å². The van der Waals surface area contributed by atoms with Crippen LogP contribution in [0.15, 0.2) is 60.7 Å². The molecule has 0 N–H and O–H groups in total. The second-order valence-corrected chi connectivity index (χ2v) is 12.5. The van der Waals surface area contributed by atoms with Crippen molar-refractivity contribution in [1.82, 2.24) is 0 Å². The van der Waals surface area contributed by atoms with Gasteiger partial charge >= 0.3 is 130 Å². The topological polar surface area (TPSA) is 0 Å². The quantitative estimate of drug-likeness (QED) is 0.412. The average Bonchev–Trinajstić information content (AvgIpc) is 2.45. The molecule has 1 unspecified atom stereocenters. The van der Waals surface area contributed by atoms with Gasteiger partial charge < -0.3 is 0 Å². The van der Waals surface area contributed by atoms with Crippen molar-refractivity contribution >= 4 is 25.9 Å². The van der Waals surface area contributed by atoms with E-state index >= 15 is 0 Å². The predicted octanol–water partition coefficient (Wildman–Crippen LogP) is 4.22. The van der Waals surface area contributed by atoms with E-state index in [0.29, 0.717) is 0 Å². The van der Waals surface area contributed by atoms with E-state index in [0.717, 1.165) is 5.56 Å². The predicted molar refractivity (Wildman–Crippen MR) is 91.8 cm³/mol. The van der Waals surface area contributed by atoms with E-state index in [1.807, 2.05) is 18.2 Å². The number of hydrogen-bond donors (Lipinski definition) is 0. The number of hydrogen-bond acceptors (Lipinski definition) is 0. The molecular weight excluding hydrogens is 326 g/mol. The van der Waals surface area contributed by atoms with E-state index < -0.39 is 5.51 Å². The molecule has 0 heterocycles. The van der Waals surface area contributed by atoms with Crippen molar-refractivity contribution in [3.8, 4) is 11.6 Å². The van der Waals surface area contributed by atoms with Crippen LogP contribution in [0.25, 0.3) is 0 Å². The molecule has 102 valence electrons. The molecule has 0 aliphatic carbocycles. The second kappa shape index (κ2) is 6.15. The zero-order valence-electron chi connectivity index (χ0n) is 12.1. The molecule has 2 aromatic rings. The summed E-state index contributed by atoms with van der Waals surface area (Å²) in [4.78, 5) is 0. The van der Waals surface area contributed by atoms with Crippen molar-refractivity contribution in [2.75, 3.05) is 0 Å². The zero-order valence-corrected chi connectivity index (χ0v) is 14.7. The van der Waals surface area contributed by atoms with Crippen LogP contribution in [-0.4, -0.2) is 20.3 Å². The van der Waals surface area contributed by atoms with Crippen LogP contribution in [0.3, 0.4) is 0 Å². The van der Waals surface area contributed by atoms with Crippen molar-refractivity contribution in [1.29, 1.82) is 0 Å². The van der Waals surface area contributed by atoms with Gasteiger partial charge in [-0.05, 0) is 0 Å². The van der Waals surface area contributed by atoms with Gasteiger partial charge in [-0.25, -0.2) is 0 Å². The van der Waals surface area contributed by atoms with Crippen molar-refractivity contribution in [2.24, 2.45) is 0 Å². The first kappa shape index (κ1) is 15.3. The molecule has 0 radical (unpaired) electrons. The Hall–Kier alpha value is -1.05. The SMILES string of the molecule is CC(C)(C)P(=[Se])(C#Cc1ccccc1)c1ccccc1. The molecule has 0 aromatic heterocycles. The molecule has 0 bridgehead atoms. The molecule has 20 heavy (non-hydrogen) atoms. The average molecular weight is 345 g/mol. The Morgan fingerprint density at radius 1 is 0.850 bits per heavy atom. The van der Waals surface area contributed by atoms with Gasteiger partial charge in [0.05, 0.1) is 0 Å². The van der Waals surface area contributed by atoms with Gasteiger partial charge in [0, 0.05) is 0 Å². The van der Waals surface area contributed by atoms with E-state index in [1.54, 1.807) is 0 Å². The second-order valence-electron chi connectivity index (χ2n) is 5.72. The van der Waals surface area contributed by atoms with Crippen LogP contribution in [0.1, 0.15) is 26.3 Å². The molecular formula is C18H19PSe. The van der Waals surface area contributed by atoms with E-state index in [9.17, 15) is 0 Å². The molecule has 0 fully saturated rings. The third-order valence-electron chi connectivity index (χ3n) is 3.20. The molecule has 0 aliphatic rings. The summed E-state index contributed by atoms with van der Waals surface area (Å²) in [6, 6.07) is 20.8. The summed E-state index contributed by atoms with van der Waals surface area (Å²) in [7, 11) is 0. The Labute approximate surface area is 129 Å². The monoisotopic (exact) mass is 346 g/mol. The molecule has 0 saturated heterocycles. The molecule has 0 spiro atoms. The molecule has 1 atom stereocenters. The summed E-state index contributed by atoms with van der Waals surface area (Å²) < 4.78 is 0. The van der Waals surface area contributed by atoms with Crippen LogP contribution < -0.4 is 5.30 Å². The summed E-state index contributed by atoms with van der Waals surface area (Å²) in [5.41, 5.74) is 2.99. The Morgan fingerprint density at radius 2 is 1.35 bits per heavy atom. The fraction of sp³-hybridized carbons (Fsp3) is 0.222. The van der Waals surface area contributed by atoms with Gasteiger partial charge in [0.1, 0.15) is 0 Å². The Bertz CT molecular complexity index is 670. The minimum atomic E-state index is -1.66. The summed E-state index contributed by atoms with van der Waals surface area (Å²) >= 11 is 3.45. The van der Waals surface area contributed by atoms with E-state index in [4.69, 9.17) is 0 Å². The van der Waals surface area contributed by atoms with Crippen LogP contribution in [0, 0.1) is 11.6 Å². The normalized spacial score (nSPS) is 13.9. The van der Waals surface area contributed by atoms with Crippen molar-refractivity contribution in [2.45, 2.75) is 25.9 Å². The summed E-state index contributed by atoms with van der Waals surface area (Å²) in [6.07, 6.45) is 0. The molecule has 0 aliphatic heterocycles. The summed E-state index contributed by atoms with van der Waals surface area (Å²) in [5.74, 6) is 3.36. The third kappa shape index (κ3) is 3.34. The maximum absolute atomic E-state index is 3.57. The van der Waals surface area contributed by atoms with Crippen molar-refractivity contribution < 1.29 is 0 Å². The van der Waals surface area contributed by atoms with Gasteiger partial charge in [-0.1, -0.05) is 0 Å². The summed E-state index contributed by atoms with van der Waals surface area (Å²) in [5, 5.41) is 1.45. The molecule has 2 aromatic carbocycles.